The van der Waals surface area contributed by atoms with Gasteiger partial charge < -0.3 is 15.5 Å². The van der Waals surface area contributed by atoms with E-state index in [4.69, 9.17) is 24.4 Å². The van der Waals surface area contributed by atoms with Crippen LogP contribution in [0.3, 0.4) is 0 Å². The number of hydrazone groups is 1. The van der Waals surface area contributed by atoms with Gasteiger partial charge in [0.2, 0.25) is 0 Å². The normalized spacial score (nSPS) is 14.7. The van der Waals surface area contributed by atoms with E-state index in [1.165, 1.54) is 5.01 Å². The molecule has 0 heterocycles. The largest absolute Gasteiger partial charge is 0.860 e. The lowest BCUT2D eigenvalue weighted by Gasteiger charge is -2.39. The van der Waals surface area contributed by atoms with Gasteiger partial charge in [0.1, 0.15) is 4.99 Å². The average molecular weight is 403 g/mol. The van der Waals surface area contributed by atoms with Crippen molar-refractivity contribution in [2.45, 2.75) is 33.1 Å². The summed E-state index contributed by atoms with van der Waals surface area (Å²) in [6, 6.07) is 0. The molecule has 146 valence electrons. The molecule has 1 rings (SSSR count). The molecule has 0 spiro atoms. The Morgan fingerprint density at radius 3 is 2.67 bits per heavy atom. The van der Waals surface area contributed by atoms with Crippen LogP contribution in [-0.4, -0.2) is 40.0 Å². The summed E-state index contributed by atoms with van der Waals surface area (Å²) in [5, 5.41) is 19.1. The van der Waals surface area contributed by atoms with Crippen molar-refractivity contribution in [3.8, 4) is 0 Å². The van der Waals surface area contributed by atoms with Crippen LogP contribution in [0.25, 0.3) is 5.43 Å². The van der Waals surface area contributed by atoms with Gasteiger partial charge in [-0.25, -0.2) is 0 Å². The predicted octanol–water partition coefficient (Wildman–Crippen LogP) is 4.17. The van der Waals surface area contributed by atoms with Crippen molar-refractivity contribution in [1.29, 1.82) is 0 Å². The van der Waals surface area contributed by atoms with Gasteiger partial charge in [-0.15, -0.1) is 12.3 Å². The van der Waals surface area contributed by atoms with E-state index in [2.05, 4.69) is 29.3 Å². The maximum Gasteiger partial charge on any atom is 0.125 e. The summed E-state index contributed by atoms with van der Waals surface area (Å²) in [7, 11) is 3.39. The third-order valence-electron chi connectivity index (χ3n) is 3.61. The minimum atomic E-state index is -0.372. The second-order valence-electron chi connectivity index (χ2n) is 6.01. The molecule has 7 heteroatoms. The Balaban J connectivity index is 2.61. The van der Waals surface area contributed by atoms with Crippen molar-refractivity contribution in [1.82, 2.24) is 10.0 Å². The summed E-state index contributed by atoms with van der Waals surface area (Å²) in [5.74, 6) is -0.372. The molecule has 1 aliphatic rings. The van der Waals surface area contributed by atoms with Crippen molar-refractivity contribution >= 4 is 40.3 Å². The molecule has 0 bridgehead atoms. The molecular weight excluding hydrogens is 376 g/mol. The minimum Gasteiger partial charge on any atom is -0.860 e. The number of rotatable bonds is 8. The third kappa shape index (κ3) is 7.88. The van der Waals surface area contributed by atoms with Crippen LogP contribution in [0.15, 0.2) is 65.0 Å². The quantitative estimate of drug-likeness (QED) is 0.152. The van der Waals surface area contributed by atoms with Crippen LogP contribution in [-0.2, 0) is 0 Å². The molecule has 27 heavy (non-hydrogen) atoms. The molecule has 0 aromatic carbocycles. The predicted molar refractivity (Wildman–Crippen MR) is 120 cm³/mol. The Labute approximate surface area is 173 Å². The molecule has 0 saturated heterocycles. The molecule has 0 amide bonds. The zero-order valence-corrected chi connectivity index (χ0v) is 17.9. The number of nitrogens with zero attached hydrogens (tertiary/aromatic N) is 4. The fourth-order valence-electron chi connectivity index (χ4n) is 2.24. The topological polar surface area (TPSA) is 56.0 Å². The Morgan fingerprint density at radius 1 is 1.37 bits per heavy atom. The lowest BCUT2D eigenvalue weighted by Crippen LogP contribution is -2.28. The van der Waals surface area contributed by atoms with Crippen molar-refractivity contribution in [2.75, 3.05) is 14.1 Å². The van der Waals surface area contributed by atoms with Gasteiger partial charge in [-0.1, -0.05) is 60.9 Å². The van der Waals surface area contributed by atoms with Crippen LogP contribution in [0.1, 0.15) is 33.1 Å². The molecule has 5 nitrogen and oxygen atoms in total. The number of hydrogen-bond acceptors (Lipinski definition) is 4. The fraction of sp³-hybridized carbons (Fsp3) is 0.350. The van der Waals surface area contributed by atoms with Gasteiger partial charge in [0.15, 0.2) is 0 Å². The smallest absolute Gasteiger partial charge is 0.125 e. The number of hydrogen-bond donors (Lipinski definition) is 0. The first-order chi connectivity index (χ1) is 12.8. The second kappa shape index (κ2) is 11.5. The second-order valence-corrected chi connectivity index (χ2v) is 6.78. The highest BCUT2D eigenvalue weighted by atomic mass is 32.1. The SMILES string of the molecule is C=C(C/C([O-])=N/N(C)C(=S)/C(C)=C/C=C\C)[N-]N(C)C(=S)C1=CCCC=C1. The molecule has 0 saturated carbocycles. The van der Waals surface area contributed by atoms with Crippen molar-refractivity contribution in [2.24, 2.45) is 5.10 Å². The number of likely N-dealkylation sites (N-methyl/N-ethyl adjacent to an activating group) is 2. The number of thiocarbonyl (C=S) groups is 2. The van der Waals surface area contributed by atoms with Crippen LogP contribution >= 0.6 is 24.4 Å². The first kappa shape index (κ1) is 22.8. The lowest BCUT2D eigenvalue weighted by atomic mass is 10.1. The summed E-state index contributed by atoms with van der Waals surface area (Å²) in [4.78, 5) is 1.08. The summed E-state index contributed by atoms with van der Waals surface area (Å²) >= 11 is 10.7. The minimum absolute atomic E-state index is 0.00752. The molecular formula is C20H26N4OS2-2. The van der Waals surface area contributed by atoms with E-state index < -0.39 is 0 Å². The van der Waals surface area contributed by atoms with Gasteiger partial charge in [-0.2, -0.15) is 5.10 Å². The average Bonchev–Trinajstić information content (AvgIpc) is 2.64. The summed E-state index contributed by atoms with van der Waals surface area (Å²) in [6.07, 6.45) is 13.8. The third-order valence-corrected chi connectivity index (χ3v) is 4.70. The highest BCUT2D eigenvalue weighted by Gasteiger charge is 2.06. The molecule has 0 aromatic heterocycles. The molecule has 1 aliphatic carbocycles. The summed E-state index contributed by atoms with van der Waals surface area (Å²) < 4.78 is 0. The molecule has 0 aliphatic heterocycles. The van der Waals surface area contributed by atoms with Gasteiger partial charge in [-0.05, 0) is 51.6 Å². The standard InChI is InChI=1S/C20H27N4OS2/c1-6-7-11-15(2)19(26)23(4)22-18(25)14-16(3)21-24(5)20(27)17-12-9-8-10-13-17/h6-7,9,11-13H,3,8,10,14H2,1-2,4-5H3,(H,22,25)/q-1/p-1/b7-6-,15-11+. The van der Waals surface area contributed by atoms with Crippen LogP contribution in [0.2, 0.25) is 0 Å². The van der Waals surface area contributed by atoms with E-state index >= 15 is 0 Å². The number of allylic oxidation sites excluding steroid dienone is 5. The maximum absolute atomic E-state index is 12.2. The molecule has 0 unspecified atom stereocenters. The van der Waals surface area contributed by atoms with Crippen LogP contribution < -0.4 is 5.11 Å². The molecule has 0 atom stereocenters. The van der Waals surface area contributed by atoms with E-state index in [9.17, 15) is 5.11 Å². The van der Waals surface area contributed by atoms with E-state index in [1.807, 2.05) is 38.2 Å². The molecule has 0 radical (unpaired) electrons. The molecule has 0 aromatic rings. The first-order valence-corrected chi connectivity index (χ1v) is 9.44. The highest BCUT2D eigenvalue weighted by Crippen LogP contribution is 2.18. The van der Waals surface area contributed by atoms with Crippen LogP contribution in [0, 0.1) is 0 Å². The van der Waals surface area contributed by atoms with Gasteiger partial charge in [0.25, 0.3) is 0 Å². The van der Waals surface area contributed by atoms with E-state index in [1.54, 1.807) is 19.1 Å². The van der Waals surface area contributed by atoms with E-state index in [0.29, 0.717) is 15.7 Å². The lowest BCUT2D eigenvalue weighted by molar-refractivity contribution is -0.219. The van der Waals surface area contributed by atoms with Crippen LogP contribution in [0.5, 0.6) is 0 Å². The molecule has 0 fully saturated rings. The molecule has 0 N–H and O–H groups in total. The van der Waals surface area contributed by atoms with Crippen molar-refractivity contribution in [3.05, 3.63) is 65.3 Å². The Morgan fingerprint density at radius 2 is 2.07 bits per heavy atom. The summed E-state index contributed by atoms with van der Waals surface area (Å²) in [6.45, 7) is 7.62. The van der Waals surface area contributed by atoms with Gasteiger partial charge in [-0.3, -0.25) is 5.01 Å². The zero-order chi connectivity index (χ0) is 20.4. The fourth-order valence-corrected chi connectivity index (χ4v) is 2.54. The van der Waals surface area contributed by atoms with Gasteiger partial charge in [0.05, 0.1) is 4.99 Å². The maximum atomic E-state index is 12.2. The summed E-state index contributed by atoms with van der Waals surface area (Å²) in [5.41, 5.74) is 6.48. The van der Waals surface area contributed by atoms with Gasteiger partial charge >= 0.3 is 0 Å². The van der Waals surface area contributed by atoms with Crippen LogP contribution in [0.4, 0.5) is 0 Å². The van der Waals surface area contributed by atoms with E-state index in [0.717, 1.165) is 24.0 Å². The monoisotopic (exact) mass is 402 g/mol. The highest BCUT2D eigenvalue weighted by molar-refractivity contribution is 7.81. The van der Waals surface area contributed by atoms with Crippen molar-refractivity contribution in [3.63, 3.8) is 0 Å². The van der Waals surface area contributed by atoms with Crippen molar-refractivity contribution < 1.29 is 5.11 Å². The van der Waals surface area contributed by atoms with Gasteiger partial charge in [0, 0.05) is 12.6 Å². The zero-order valence-electron chi connectivity index (χ0n) is 16.3. The Kier molecular flexibility index (Phi) is 9.67. The Bertz CT molecular complexity index is 732. The first-order valence-electron chi connectivity index (χ1n) is 8.62. The Hall–Kier alpha value is -2.25. The van der Waals surface area contributed by atoms with E-state index in [-0.39, 0.29) is 12.3 Å².